The van der Waals surface area contributed by atoms with E-state index in [1.807, 2.05) is 49.4 Å². The van der Waals surface area contributed by atoms with E-state index in [1.165, 1.54) is 0 Å². The van der Waals surface area contributed by atoms with E-state index in [1.54, 1.807) is 6.07 Å². The van der Waals surface area contributed by atoms with Gasteiger partial charge in [-0.2, -0.15) is 0 Å². The first-order chi connectivity index (χ1) is 9.56. The third-order valence-corrected chi connectivity index (χ3v) is 3.87. The first-order valence-electron chi connectivity index (χ1n) is 6.14. The summed E-state index contributed by atoms with van der Waals surface area (Å²) in [7, 11) is 0. The molecule has 2 aromatic carbocycles. The Balaban J connectivity index is 2.00. The van der Waals surface area contributed by atoms with Gasteiger partial charge in [0.25, 0.3) is 0 Å². The summed E-state index contributed by atoms with van der Waals surface area (Å²) in [6.45, 7) is 1.82. The van der Waals surface area contributed by atoms with Crippen LogP contribution in [0.25, 0.3) is 0 Å². The molecule has 0 saturated heterocycles. The van der Waals surface area contributed by atoms with Crippen molar-refractivity contribution in [1.82, 2.24) is 0 Å². The lowest BCUT2D eigenvalue weighted by Gasteiger charge is -2.16. The molecule has 0 aliphatic carbocycles. The molecule has 104 valence electrons. The second kappa shape index (κ2) is 6.95. The standard InChI is InChI=1S/C15H14ClIN2O/c1-10(15(20)19-12-5-3-2-4-6-12)18-14-8-7-11(16)9-13(14)17/h2-10,18H,1H3,(H,19,20). The van der Waals surface area contributed by atoms with Crippen molar-refractivity contribution in [2.24, 2.45) is 0 Å². The van der Waals surface area contributed by atoms with Crippen LogP contribution in [-0.2, 0) is 4.79 Å². The highest BCUT2D eigenvalue weighted by molar-refractivity contribution is 14.1. The summed E-state index contributed by atoms with van der Waals surface area (Å²) in [6, 6.07) is 14.6. The average molecular weight is 401 g/mol. The van der Waals surface area contributed by atoms with E-state index < -0.39 is 0 Å². The molecule has 1 unspecified atom stereocenters. The van der Waals surface area contributed by atoms with Crippen LogP contribution in [0.3, 0.4) is 0 Å². The molecule has 2 N–H and O–H groups in total. The van der Waals surface area contributed by atoms with Crippen molar-refractivity contribution >= 4 is 51.5 Å². The van der Waals surface area contributed by atoms with Crippen molar-refractivity contribution in [1.29, 1.82) is 0 Å². The first kappa shape index (κ1) is 15.1. The van der Waals surface area contributed by atoms with Crippen LogP contribution in [-0.4, -0.2) is 11.9 Å². The van der Waals surface area contributed by atoms with Crippen molar-refractivity contribution in [2.75, 3.05) is 10.6 Å². The zero-order valence-electron chi connectivity index (χ0n) is 10.9. The lowest BCUT2D eigenvalue weighted by Crippen LogP contribution is -2.32. The minimum absolute atomic E-state index is 0.0815. The molecule has 0 spiro atoms. The number of carbonyl (C=O) groups excluding carboxylic acids is 1. The lowest BCUT2D eigenvalue weighted by molar-refractivity contribution is -0.116. The van der Waals surface area contributed by atoms with Gasteiger partial charge in [-0.05, 0) is 59.8 Å². The number of benzene rings is 2. The number of nitrogens with one attached hydrogen (secondary N) is 2. The van der Waals surface area contributed by atoms with Crippen LogP contribution in [0.15, 0.2) is 48.5 Å². The summed E-state index contributed by atoms with van der Waals surface area (Å²) >= 11 is 8.10. The molecule has 2 aromatic rings. The predicted octanol–water partition coefficient (Wildman–Crippen LogP) is 4.38. The van der Waals surface area contributed by atoms with Gasteiger partial charge in [0, 0.05) is 20.0 Å². The van der Waals surface area contributed by atoms with E-state index in [4.69, 9.17) is 11.6 Å². The summed E-state index contributed by atoms with van der Waals surface area (Å²) in [5, 5.41) is 6.72. The fraction of sp³-hybridized carbons (Fsp3) is 0.133. The van der Waals surface area contributed by atoms with Gasteiger partial charge >= 0.3 is 0 Å². The highest BCUT2D eigenvalue weighted by Gasteiger charge is 2.14. The Hall–Kier alpha value is -1.27. The summed E-state index contributed by atoms with van der Waals surface area (Å²) in [6.07, 6.45) is 0. The number of hydrogen-bond donors (Lipinski definition) is 2. The minimum Gasteiger partial charge on any atom is -0.373 e. The van der Waals surface area contributed by atoms with E-state index in [-0.39, 0.29) is 11.9 Å². The number of hydrogen-bond acceptors (Lipinski definition) is 2. The maximum atomic E-state index is 12.1. The third-order valence-electron chi connectivity index (χ3n) is 2.74. The van der Waals surface area contributed by atoms with E-state index in [0.29, 0.717) is 5.02 Å². The molecule has 0 fully saturated rings. The van der Waals surface area contributed by atoms with Crippen molar-refractivity contribution in [2.45, 2.75) is 13.0 Å². The van der Waals surface area contributed by atoms with Crippen LogP contribution in [0.5, 0.6) is 0 Å². The Kier molecular flexibility index (Phi) is 5.25. The number of rotatable bonds is 4. The van der Waals surface area contributed by atoms with Crippen LogP contribution in [0.4, 0.5) is 11.4 Å². The summed E-state index contributed by atoms with van der Waals surface area (Å²) in [5.41, 5.74) is 1.68. The molecule has 3 nitrogen and oxygen atoms in total. The van der Waals surface area contributed by atoms with Gasteiger partial charge in [0.1, 0.15) is 6.04 Å². The molecule has 0 saturated carbocycles. The molecule has 1 amide bonds. The minimum atomic E-state index is -0.343. The molecule has 20 heavy (non-hydrogen) atoms. The molecule has 0 heterocycles. The normalized spacial score (nSPS) is 11.8. The van der Waals surface area contributed by atoms with Crippen LogP contribution >= 0.6 is 34.2 Å². The Morgan fingerprint density at radius 2 is 1.90 bits per heavy atom. The SMILES string of the molecule is CC(Nc1ccc(Cl)cc1I)C(=O)Nc1ccccc1. The number of amides is 1. The Bertz CT molecular complexity index is 604. The predicted molar refractivity (Wildman–Crippen MR) is 92.3 cm³/mol. The molecule has 0 aliphatic heterocycles. The second-order valence-corrected chi connectivity index (χ2v) is 5.94. The fourth-order valence-electron chi connectivity index (χ4n) is 1.68. The molecular weight excluding hydrogens is 387 g/mol. The maximum Gasteiger partial charge on any atom is 0.246 e. The molecule has 2 rings (SSSR count). The van der Waals surface area contributed by atoms with Crippen molar-refractivity contribution < 1.29 is 4.79 Å². The van der Waals surface area contributed by atoms with Gasteiger partial charge < -0.3 is 10.6 Å². The van der Waals surface area contributed by atoms with Gasteiger partial charge in [-0.15, -0.1) is 0 Å². The van der Waals surface area contributed by atoms with E-state index in [0.717, 1.165) is 14.9 Å². The Morgan fingerprint density at radius 3 is 2.55 bits per heavy atom. The molecule has 0 radical (unpaired) electrons. The van der Waals surface area contributed by atoms with Crippen molar-refractivity contribution in [3.8, 4) is 0 Å². The van der Waals surface area contributed by atoms with E-state index >= 15 is 0 Å². The van der Waals surface area contributed by atoms with Gasteiger partial charge in [0.05, 0.1) is 0 Å². The third kappa shape index (κ3) is 4.11. The lowest BCUT2D eigenvalue weighted by atomic mass is 10.2. The summed E-state index contributed by atoms with van der Waals surface area (Å²) < 4.78 is 0.981. The van der Waals surface area contributed by atoms with Gasteiger partial charge in [0.2, 0.25) is 5.91 Å². The average Bonchev–Trinajstić information content (AvgIpc) is 2.43. The van der Waals surface area contributed by atoms with Crippen LogP contribution in [0.2, 0.25) is 5.02 Å². The highest BCUT2D eigenvalue weighted by atomic mass is 127. The van der Waals surface area contributed by atoms with Crippen LogP contribution < -0.4 is 10.6 Å². The van der Waals surface area contributed by atoms with E-state index in [9.17, 15) is 4.79 Å². The zero-order chi connectivity index (χ0) is 14.5. The largest absolute Gasteiger partial charge is 0.373 e. The van der Waals surface area contributed by atoms with Gasteiger partial charge in [-0.3, -0.25) is 4.79 Å². The maximum absolute atomic E-state index is 12.1. The molecular formula is C15H14ClIN2O. The molecule has 0 aromatic heterocycles. The van der Waals surface area contributed by atoms with Gasteiger partial charge in [0.15, 0.2) is 0 Å². The summed E-state index contributed by atoms with van der Waals surface area (Å²) in [4.78, 5) is 12.1. The smallest absolute Gasteiger partial charge is 0.246 e. The number of para-hydroxylation sites is 1. The molecule has 1 atom stereocenters. The molecule has 0 bridgehead atoms. The van der Waals surface area contributed by atoms with Crippen molar-refractivity contribution in [3.63, 3.8) is 0 Å². The second-order valence-electron chi connectivity index (χ2n) is 4.35. The van der Waals surface area contributed by atoms with Crippen molar-refractivity contribution in [3.05, 3.63) is 57.1 Å². The van der Waals surface area contributed by atoms with E-state index in [2.05, 4.69) is 33.2 Å². The van der Waals surface area contributed by atoms with Gasteiger partial charge in [-0.25, -0.2) is 0 Å². The number of anilines is 2. The fourth-order valence-corrected chi connectivity index (χ4v) is 2.70. The van der Waals surface area contributed by atoms with Gasteiger partial charge in [-0.1, -0.05) is 29.8 Å². The monoisotopic (exact) mass is 400 g/mol. The Labute approximate surface area is 136 Å². The number of carbonyl (C=O) groups is 1. The topological polar surface area (TPSA) is 41.1 Å². The van der Waals surface area contributed by atoms with Crippen LogP contribution in [0.1, 0.15) is 6.92 Å². The first-order valence-corrected chi connectivity index (χ1v) is 7.59. The number of halogens is 2. The highest BCUT2D eigenvalue weighted by Crippen LogP contribution is 2.23. The Morgan fingerprint density at radius 1 is 1.20 bits per heavy atom. The molecule has 5 heteroatoms. The zero-order valence-corrected chi connectivity index (χ0v) is 13.8. The van der Waals surface area contributed by atoms with Crippen LogP contribution in [0, 0.1) is 3.57 Å². The summed E-state index contributed by atoms with van der Waals surface area (Å²) in [5.74, 6) is -0.0815. The molecule has 0 aliphatic rings. The quantitative estimate of drug-likeness (QED) is 0.748.